The van der Waals surface area contributed by atoms with Gasteiger partial charge in [-0.05, 0) is 28.8 Å². The van der Waals surface area contributed by atoms with Gasteiger partial charge in [0.15, 0.2) is 14.5 Å². The van der Waals surface area contributed by atoms with E-state index in [1.807, 2.05) is 0 Å². The summed E-state index contributed by atoms with van der Waals surface area (Å²) in [5.41, 5.74) is 0. The average molecular weight is 402 g/mol. The average Bonchev–Trinajstić information content (AvgIpc) is 2.90. The van der Waals surface area contributed by atoms with Gasteiger partial charge in [-0.3, -0.25) is 0 Å². The van der Waals surface area contributed by atoms with Gasteiger partial charge in [-0.2, -0.15) is 0 Å². The number of aromatic carboxylic acids is 1. The normalized spacial score (nSPS) is 21.5. The summed E-state index contributed by atoms with van der Waals surface area (Å²) in [4.78, 5) is 10.4. The van der Waals surface area contributed by atoms with Crippen LogP contribution in [0.15, 0.2) is 20.0 Å². The van der Waals surface area contributed by atoms with E-state index >= 15 is 0 Å². The number of sulfone groups is 1. The predicted molar refractivity (Wildman–Crippen MR) is 75.4 cm³/mol. The van der Waals surface area contributed by atoms with Crippen LogP contribution in [0.5, 0.6) is 0 Å². The smallest absolute Gasteiger partial charge is 0.371 e. The fraction of sp³-hybridized carbons (Fsp3) is 0.500. The second-order valence-electron chi connectivity index (χ2n) is 4.54. The minimum absolute atomic E-state index is 0.0535. The number of hydrogen-bond acceptors (Lipinski definition) is 6. The summed E-state index contributed by atoms with van der Waals surface area (Å²) < 4.78 is 54.1. The van der Waals surface area contributed by atoms with Crippen LogP contribution < -0.4 is 4.72 Å². The number of hydrogen-bond donors (Lipinski definition) is 2. The van der Waals surface area contributed by atoms with E-state index in [9.17, 15) is 21.6 Å². The van der Waals surface area contributed by atoms with Gasteiger partial charge in [0, 0.05) is 12.6 Å². The molecule has 0 radical (unpaired) electrons. The molecule has 1 aromatic heterocycles. The van der Waals surface area contributed by atoms with E-state index in [1.54, 1.807) is 0 Å². The SMILES string of the molecule is O=C(O)c1cc(S(=O)(=O)NCC2CCCS2(=O)=O)c(Br)o1. The Hall–Kier alpha value is -0.910. The van der Waals surface area contributed by atoms with Crippen LogP contribution in [0.3, 0.4) is 0 Å². The molecule has 0 amide bonds. The Kier molecular flexibility index (Phi) is 4.47. The second kappa shape index (κ2) is 5.71. The van der Waals surface area contributed by atoms with Gasteiger partial charge in [0.25, 0.3) is 0 Å². The largest absolute Gasteiger partial charge is 0.475 e. The molecule has 0 bridgehead atoms. The first-order valence-electron chi connectivity index (χ1n) is 5.87. The number of rotatable bonds is 5. The first kappa shape index (κ1) is 16.5. The van der Waals surface area contributed by atoms with E-state index in [2.05, 4.69) is 20.7 Å². The Bertz CT molecular complexity index is 765. The standard InChI is InChI=1S/C10H12BrNO7S2/c11-9-8(4-7(19-9)10(13)14)21(17,18)12-5-6-2-1-3-20(6,15)16/h4,6,12H,1-3,5H2,(H,13,14). The monoisotopic (exact) mass is 401 g/mol. The van der Waals surface area contributed by atoms with Crippen LogP contribution in [-0.2, 0) is 19.9 Å². The number of nitrogens with one attached hydrogen (secondary N) is 1. The summed E-state index contributed by atoms with van der Waals surface area (Å²) >= 11 is 2.83. The molecule has 0 aromatic carbocycles. The number of sulfonamides is 1. The van der Waals surface area contributed by atoms with Crippen LogP contribution in [0.25, 0.3) is 0 Å². The summed E-state index contributed by atoms with van der Waals surface area (Å²) in [6, 6.07) is 0.859. The lowest BCUT2D eigenvalue weighted by molar-refractivity contribution is 0.0661. The van der Waals surface area contributed by atoms with Crippen LogP contribution in [0.2, 0.25) is 0 Å². The van der Waals surface area contributed by atoms with Crippen LogP contribution in [0, 0.1) is 0 Å². The number of halogens is 1. The van der Waals surface area contributed by atoms with Crippen LogP contribution in [0.1, 0.15) is 23.4 Å². The van der Waals surface area contributed by atoms with E-state index in [1.165, 1.54) is 0 Å². The topological polar surface area (TPSA) is 131 Å². The van der Waals surface area contributed by atoms with Crippen LogP contribution in [0.4, 0.5) is 0 Å². The fourth-order valence-corrected chi connectivity index (χ4v) is 5.90. The summed E-state index contributed by atoms with van der Waals surface area (Å²) in [6.45, 7) is -0.245. The number of furan rings is 1. The van der Waals surface area contributed by atoms with Gasteiger partial charge in [0.1, 0.15) is 4.90 Å². The molecule has 2 N–H and O–H groups in total. The van der Waals surface area contributed by atoms with Gasteiger partial charge in [-0.25, -0.2) is 26.4 Å². The predicted octanol–water partition coefficient (Wildman–Crippen LogP) is 0.596. The molecule has 118 valence electrons. The lowest BCUT2D eigenvalue weighted by atomic mass is 10.2. The molecule has 1 atom stereocenters. The van der Waals surface area contributed by atoms with E-state index in [0.717, 1.165) is 6.07 Å². The second-order valence-corrected chi connectivity index (χ2v) is 9.39. The molecule has 0 saturated carbocycles. The van der Waals surface area contributed by atoms with Crippen LogP contribution in [-0.4, -0.2) is 45.5 Å². The van der Waals surface area contributed by atoms with Gasteiger partial charge in [-0.1, -0.05) is 0 Å². The molecule has 8 nitrogen and oxygen atoms in total. The van der Waals surface area contributed by atoms with E-state index in [4.69, 9.17) is 9.52 Å². The number of carboxylic acid groups (broad SMARTS) is 1. The first-order chi connectivity index (χ1) is 9.63. The highest BCUT2D eigenvalue weighted by atomic mass is 79.9. The summed E-state index contributed by atoms with van der Waals surface area (Å²) in [5.74, 6) is -1.89. The maximum atomic E-state index is 12.1. The lowest BCUT2D eigenvalue weighted by Crippen LogP contribution is -2.34. The van der Waals surface area contributed by atoms with Gasteiger partial charge >= 0.3 is 5.97 Å². The molecule has 11 heteroatoms. The lowest BCUT2D eigenvalue weighted by Gasteiger charge is -2.10. The molecule has 21 heavy (non-hydrogen) atoms. The summed E-state index contributed by atoms with van der Waals surface area (Å²) in [6.07, 6.45) is 0.908. The molecule has 1 unspecified atom stereocenters. The van der Waals surface area contributed by atoms with Crippen molar-refractivity contribution in [3.8, 4) is 0 Å². The quantitative estimate of drug-likeness (QED) is 0.737. The van der Waals surface area contributed by atoms with Crippen molar-refractivity contribution >= 4 is 41.8 Å². The van der Waals surface area contributed by atoms with Gasteiger partial charge in [0.05, 0.1) is 11.0 Å². The van der Waals surface area contributed by atoms with Gasteiger partial charge < -0.3 is 9.52 Å². The highest BCUT2D eigenvalue weighted by Gasteiger charge is 2.33. The van der Waals surface area contributed by atoms with E-state index < -0.39 is 36.8 Å². The first-order valence-corrected chi connectivity index (χ1v) is 9.86. The van der Waals surface area contributed by atoms with Gasteiger partial charge in [0.2, 0.25) is 15.8 Å². The molecule has 1 aromatic rings. The molecule has 0 aliphatic carbocycles. The summed E-state index contributed by atoms with van der Waals surface area (Å²) in [7, 11) is -7.33. The van der Waals surface area contributed by atoms with Crippen molar-refractivity contribution in [2.45, 2.75) is 23.0 Å². The summed E-state index contributed by atoms with van der Waals surface area (Å²) in [5, 5.41) is 8.00. The number of carbonyl (C=O) groups is 1. The Morgan fingerprint density at radius 2 is 2.19 bits per heavy atom. The van der Waals surface area contributed by atoms with Gasteiger partial charge in [-0.15, -0.1) is 0 Å². The third-order valence-electron chi connectivity index (χ3n) is 3.12. The Balaban J connectivity index is 2.17. The van der Waals surface area contributed by atoms with Crippen molar-refractivity contribution < 1.29 is 31.2 Å². The molecule has 0 spiro atoms. The molecular formula is C10H12BrNO7S2. The van der Waals surface area contributed by atoms with Crippen molar-refractivity contribution in [1.29, 1.82) is 0 Å². The highest BCUT2D eigenvalue weighted by Crippen LogP contribution is 2.26. The number of carboxylic acids is 1. The zero-order valence-electron chi connectivity index (χ0n) is 10.6. The third kappa shape index (κ3) is 3.47. The van der Waals surface area contributed by atoms with Crippen LogP contribution >= 0.6 is 15.9 Å². The maximum Gasteiger partial charge on any atom is 0.371 e. The molecule has 2 heterocycles. The molecular weight excluding hydrogens is 390 g/mol. The zero-order chi connectivity index (χ0) is 15.8. The fourth-order valence-electron chi connectivity index (χ4n) is 2.01. The Labute approximate surface area is 129 Å². The Morgan fingerprint density at radius 1 is 1.52 bits per heavy atom. The molecule has 1 fully saturated rings. The third-order valence-corrected chi connectivity index (χ3v) is 7.68. The van der Waals surface area contributed by atoms with Crippen molar-refractivity contribution in [2.75, 3.05) is 12.3 Å². The minimum Gasteiger partial charge on any atom is -0.475 e. The van der Waals surface area contributed by atoms with Crippen molar-refractivity contribution in [1.82, 2.24) is 4.72 Å². The molecule has 1 saturated heterocycles. The Morgan fingerprint density at radius 3 is 2.67 bits per heavy atom. The molecule has 2 rings (SSSR count). The van der Waals surface area contributed by atoms with Crippen molar-refractivity contribution in [3.05, 3.63) is 16.5 Å². The van der Waals surface area contributed by atoms with Crippen molar-refractivity contribution in [3.63, 3.8) is 0 Å². The maximum absolute atomic E-state index is 12.1. The molecule has 1 aliphatic rings. The minimum atomic E-state index is -4.06. The highest BCUT2D eigenvalue weighted by molar-refractivity contribution is 9.10. The zero-order valence-corrected chi connectivity index (χ0v) is 13.8. The van der Waals surface area contributed by atoms with E-state index in [-0.39, 0.29) is 21.9 Å². The van der Waals surface area contributed by atoms with Crippen molar-refractivity contribution in [2.24, 2.45) is 0 Å². The molecule has 1 aliphatic heterocycles. The van der Waals surface area contributed by atoms with E-state index in [0.29, 0.717) is 12.8 Å².